The Morgan fingerprint density at radius 2 is 2.20 bits per heavy atom. The minimum atomic E-state index is 0. The molecule has 5 nitrogen and oxygen atoms in total. The molecule has 2 aliphatic heterocycles. The van der Waals surface area contributed by atoms with Gasteiger partial charge in [-0.2, -0.15) is 0 Å². The van der Waals surface area contributed by atoms with Crippen LogP contribution in [0.1, 0.15) is 31.5 Å². The van der Waals surface area contributed by atoms with Crippen LogP contribution in [0.5, 0.6) is 0 Å². The van der Waals surface area contributed by atoms with Crippen LogP contribution in [0.2, 0.25) is 0 Å². The molecule has 0 radical (unpaired) electrons. The summed E-state index contributed by atoms with van der Waals surface area (Å²) in [4.78, 5) is 4.60. The molecule has 1 saturated carbocycles. The maximum absolute atomic E-state index is 6.12. The number of fused-ring (bicyclic) bond motifs is 4. The highest BCUT2D eigenvalue weighted by Gasteiger charge is 2.27. The van der Waals surface area contributed by atoms with Gasteiger partial charge in [-0.25, -0.2) is 4.98 Å². The Morgan fingerprint density at radius 3 is 3.05 bits per heavy atom. The first-order valence-electron chi connectivity index (χ1n) is 6.49. The van der Waals surface area contributed by atoms with Crippen molar-refractivity contribution in [3.05, 3.63) is 22.8 Å². The molecule has 1 unspecified atom stereocenters. The monoisotopic (exact) mass is 316 g/mol. The van der Waals surface area contributed by atoms with Crippen molar-refractivity contribution in [2.45, 2.75) is 38.3 Å². The summed E-state index contributed by atoms with van der Waals surface area (Å²) in [6.07, 6.45) is 8.50. The fraction of sp³-hybridized carbons (Fsp3) is 0.462. The van der Waals surface area contributed by atoms with Crippen LogP contribution in [0.25, 0.3) is 17.6 Å². The Hall–Kier alpha value is -1.33. The normalized spacial score (nSPS) is 22.3. The van der Waals surface area contributed by atoms with Crippen molar-refractivity contribution in [1.82, 2.24) is 14.9 Å². The van der Waals surface area contributed by atoms with E-state index in [1.807, 2.05) is 6.20 Å². The molecule has 0 amide bonds. The fourth-order valence-electron chi connectivity index (χ4n) is 3.17. The first kappa shape index (κ1) is 15.1. The zero-order chi connectivity index (χ0) is 12.1. The van der Waals surface area contributed by atoms with Gasteiger partial charge in [-0.15, -0.1) is 24.8 Å². The molecule has 0 aromatic carbocycles. The SMILES string of the molecule is Cl.Cl.NC1=c2nc3n(c2=C2CCCCC2N1)C=COC3. The number of ether oxygens (including phenoxy) is 1. The Balaban J connectivity index is 0.000000735. The predicted octanol–water partition coefficient (Wildman–Crippen LogP) is 0.406. The second kappa shape index (κ2) is 5.58. The molecule has 0 bridgehead atoms. The van der Waals surface area contributed by atoms with E-state index >= 15 is 0 Å². The maximum Gasteiger partial charge on any atom is 0.152 e. The molecular formula is C13H18Cl2N4O. The predicted molar refractivity (Wildman–Crippen MR) is 82.5 cm³/mol. The first-order chi connectivity index (χ1) is 8.84. The summed E-state index contributed by atoms with van der Waals surface area (Å²) in [5.41, 5.74) is 7.57. The van der Waals surface area contributed by atoms with Crippen molar-refractivity contribution in [2.75, 3.05) is 0 Å². The maximum atomic E-state index is 6.12. The van der Waals surface area contributed by atoms with Gasteiger partial charge >= 0.3 is 0 Å². The molecule has 110 valence electrons. The van der Waals surface area contributed by atoms with Gasteiger partial charge in [-0.1, -0.05) is 6.42 Å². The third kappa shape index (κ3) is 2.05. The largest absolute Gasteiger partial charge is 0.492 e. The number of imidazole rings is 1. The van der Waals surface area contributed by atoms with Crippen LogP contribution in [0.3, 0.4) is 0 Å². The Bertz CT molecular complexity index is 665. The smallest absolute Gasteiger partial charge is 0.152 e. The van der Waals surface area contributed by atoms with Gasteiger partial charge in [0, 0.05) is 6.20 Å². The molecule has 1 aromatic heterocycles. The Kier molecular flexibility index (Phi) is 4.20. The zero-order valence-corrected chi connectivity index (χ0v) is 12.6. The average Bonchev–Trinajstić information content (AvgIpc) is 2.79. The molecule has 1 aromatic rings. The van der Waals surface area contributed by atoms with Crippen molar-refractivity contribution < 1.29 is 4.74 Å². The highest BCUT2D eigenvalue weighted by molar-refractivity contribution is 5.85. The number of rotatable bonds is 0. The minimum absolute atomic E-state index is 0. The van der Waals surface area contributed by atoms with E-state index in [1.165, 1.54) is 23.8 Å². The van der Waals surface area contributed by atoms with Crippen LogP contribution in [0, 0.1) is 0 Å². The highest BCUT2D eigenvalue weighted by Crippen LogP contribution is 2.25. The van der Waals surface area contributed by atoms with E-state index in [9.17, 15) is 0 Å². The third-order valence-corrected chi connectivity index (χ3v) is 4.00. The quantitative estimate of drug-likeness (QED) is 0.727. The van der Waals surface area contributed by atoms with E-state index < -0.39 is 0 Å². The molecule has 1 atom stereocenters. The lowest BCUT2D eigenvalue weighted by Crippen LogP contribution is -2.51. The van der Waals surface area contributed by atoms with Gasteiger partial charge in [0.1, 0.15) is 24.0 Å². The molecular weight excluding hydrogens is 299 g/mol. The van der Waals surface area contributed by atoms with Crippen LogP contribution < -0.4 is 21.7 Å². The molecule has 3 aliphatic rings. The van der Waals surface area contributed by atoms with Crippen LogP contribution in [0.15, 0.2) is 6.26 Å². The van der Waals surface area contributed by atoms with Gasteiger partial charge < -0.3 is 15.8 Å². The van der Waals surface area contributed by atoms with Gasteiger partial charge in [0.2, 0.25) is 0 Å². The highest BCUT2D eigenvalue weighted by atomic mass is 35.5. The summed E-state index contributed by atoms with van der Waals surface area (Å²) in [6, 6.07) is 0.392. The Labute approximate surface area is 129 Å². The number of nitrogens with one attached hydrogen (secondary N) is 1. The van der Waals surface area contributed by atoms with Crippen LogP contribution in [0.4, 0.5) is 0 Å². The molecule has 0 spiro atoms. The lowest BCUT2D eigenvalue weighted by molar-refractivity contribution is 0.220. The number of nitrogens with zero attached hydrogens (tertiary/aromatic N) is 2. The van der Waals surface area contributed by atoms with Gasteiger partial charge in [0.25, 0.3) is 0 Å². The molecule has 1 aliphatic carbocycles. The molecule has 3 heterocycles. The molecule has 20 heavy (non-hydrogen) atoms. The van der Waals surface area contributed by atoms with Crippen molar-refractivity contribution in [3.63, 3.8) is 0 Å². The second-order valence-corrected chi connectivity index (χ2v) is 5.07. The van der Waals surface area contributed by atoms with Crippen LogP contribution in [-0.2, 0) is 11.3 Å². The summed E-state index contributed by atoms with van der Waals surface area (Å²) < 4.78 is 7.44. The third-order valence-electron chi connectivity index (χ3n) is 4.00. The summed E-state index contributed by atoms with van der Waals surface area (Å²) in [7, 11) is 0. The van der Waals surface area contributed by atoms with Gasteiger partial charge in [0.05, 0.1) is 11.4 Å². The van der Waals surface area contributed by atoms with Crippen molar-refractivity contribution in [2.24, 2.45) is 5.73 Å². The summed E-state index contributed by atoms with van der Waals surface area (Å²) >= 11 is 0. The van der Waals surface area contributed by atoms with E-state index in [2.05, 4.69) is 14.9 Å². The number of halogens is 2. The van der Waals surface area contributed by atoms with Crippen LogP contribution >= 0.6 is 24.8 Å². The van der Waals surface area contributed by atoms with Crippen molar-refractivity contribution >= 4 is 42.4 Å². The average molecular weight is 317 g/mol. The van der Waals surface area contributed by atoms with E-state index in [0.29, 0.717) is 18.5 Å². The molecule has 0 saturated heterocycles. The Morgan fingerprint density at radius 1 is 1.35 bits per heavy atom. The summed E-state index contributed by atoms with van der Waals surface area (Å²) in [5, 5.41) is 5.50. The first-order valence-corrected chi connectivity index (χ1v) is 6.49. The molecule has 4 rings (SSSR count). The van der Waals surface area contributed by atoms with E-state index in [1.54, 1.807) is 6.26 Å². The number of hydrogen-bond donors (Lipinski definition) is 2. The molecule has 1 fully saturated rings. The van der Waals surface area contributed by atoms with E-state index in [-0.39, 0.29) is 24.8 Å². The van der Waals surface area contributed by atoms with Gasteiger partial charge in [0.15, 0.2) is 5.82 Å². The van der Waals surface area contributed by atoms with Crippen molar-refractivity contribution in [3.8, 4) is 0 Å². The summed E-state index contributed by atoms with van der Waals surface area (Å²) in [6.45, 7) is 0.523. The standard InChI is InChI=1S/C13H16N4O.2ClH/c14-13-11-12(8-3-1-2-4-9(8)15-13)17-5-6-18-7-10(17)16-11;;/h5-6,9,15H,1-4,7,14H2;2*1H. The molecule has 7 heteroatoms. The molecule has 3 N–H and O–H groups in total. The van der Waals surface area contributed by atoms with E-state index in [0.717, 1.165) is 24.0 Å². The number of aromatic nitrogens is 2. The number of nitrogens with two attached hydrogens (primary N) is 1. The summed E-state index contributed by atoms with van der Waals surface area (Å²) in [5.74, 6) is 1.64. The van der Waals surface area contributed by atoms with Gasteiger partial charge in [-0.3, -0.25) is 4.57 Å². The van der Waals surface area contributed by atoms with Crippen molar-refractivity contribution in [1.29, 1.82) is 0 Å². The minimum Gasteiger partial charge on any atom is -0.492 e. The second-order valence-electron chi connectivity index (χ2n) is 5.07. The zero-order valence-electron chi connectivity index (χ0n) is 11.0. The fourth-order valence-corrected chi connectivity index (χ4v) is 3.17. The topological polar surface area (TPSA) is 65.1 Å². The van der Waals surface area contributed by atoms with E-state index in [4.69, 9.17) is 10.5 Å². The lowest BCUT2D eigenvalue weighted by Gasteiger charge is -2.29. The van der Waals surface area contributed by atoms with Crippen LogP contribution in [-0.4, -0.2) is 15.6 Å². The van der Waals surface area contributed by atoms with Gasteiger partial charge in [-0.05, 0) is 24.8 Å². The lowest BCUT2D eigenvalue weighted by atomic mass is 9.88. The number of hydrogen-bond acceptors (Lipinski definition) is 4.